The third-order valence-electron chi connectivity index (χ3n) is 3.06. The van der Waals surface area contributed by atoms with Gasteiger partial charge in [-0.1, -0.05) is 29.1 Å². The number of hydrogen-bond donors (Lipinski definition) is 1. The number of benzene rings is 2. The molecule has 0 bridgehead atoms. The summed E-state index contributed by atoms with van der Waals surface area (Å²) in [5.74, 6) is 2.01. The van der Waals surface area contributed by atoms with E-state index in [9.17, 15) is 14.9 Å². The molecule has 0 aliphatic rings. The molecule has 2 aromatic rings. The first kappa shape index (κ1) is 19.2. The number of nitrogens with zero attached hydrogens (tertiary/aromatic N) is 2. The summed E-state index contributed by atoms with van der Waals surface area (Å²) in [5.41, 5.74) is 2.57. The lowest BCUT2D eigenvalue weighted by Gasteiger charge is -2.06. The van der Waals surface area contributed by atoms with E-state index in [0.717, 1.165) is 0 Å². The van der Waals surface area contributed by atoms with Crippen LogP contribution in [0.4, 0.5) is 5.69 Å². The van der Waals surface area contributed by atoms with Crippen molar-refractivity contribution in [2.45, 2.75) is 0 Å². The summed E-state index contributed by atoms with van der Waals surface area (Å²) in [6.07, 6.45) is 6.35. The maximum Gasteiger partial charge on any atom is 0.272 e. The minimum atomic E-state index is -0.570. The van der Waals surface area contributed by atoms with Crippen molar-refractivity contribution < 1.29 is 14.5 Å². The van der Waals surface area contributed by atoms with Crippen LogP contribution in [-0.4, -0.2) is 23.7 Å². The molecule has 0 heterocycles. The van der Waals surface area contributed by atoms with E-state index in [4.69, 9.17) is 34.4 Å². The number of hydrogen-bond acceptors (Lipinski definition) is 5. The SMILES string of the molecule is C#CCOc1ccc([N+](=O)[O-])cc1/C=N\NC(=O)c1ccc(Cl)cc1Cl. The molecule has 2 rings (SSSR count). The highest BCUT2D eigenvalue weighted by Gasteiger charge is 2.12. The van der Waals surface area contributed by atoms with Gasteiger partial charge in [-0.3, -0.25) is 14.9 Å². The zero-order valence-corrected chi connectivity index (χ0v) is 14.6. The van der Waals surface area contributed by atoms with Crippen LogP contribution in [0, 0.1) is 22.5 Å². The predicted octanol–water partition coefficient (Wildman–Crippen LogP) is 3.68. The van der Waals surface area contributed by atoms with Gasteiger partial charge in [-0.25, -0.2) is 5.43 Å². The summed E-state index contributed by atoms with van der Waals surface area (Å²) < 4.78 is 5.30. The van der Waals surface area contributed by atoms with Crippen LogP contribution in [0.5, 0.6) is 5.75 Å². The number of rotatable bonds is 6. The Kier molecular flexibility index (Phi) is 6.55. The highest BCUT2D eigenvalue weighted by molar-refractivity contribution is 6.36. The lowest BCUT2D eigenvalue weighted by atomic mass is 10.2. The molecule has 0 fully saturated rings. The van der Waals surface area contributed by atoms with E-state index in [1.807, 2.05) is 0 Å². The standard InChI is InChI=1S/C17H11Cl2N3O4/c1-2-7-26-16-6-4-13(22(24)25)8-11(16)10-20-21-17(23)14-5-3-12(18)9-15(14)19/h1,3-6,8-10H,7H2,(H,21,23)/b20-10-. The number of carbonyl (C=O) groups excluding carboxylic acids is 1. The Hall–Kier alpha value is -3.08. The Balaban J connectivity index is 2.20. The van der Waals surface area contributed by atoms with Crippen molar-refractivity contribution in [3.05, 3.63) is 67.7 Å². The average Bonchev–Trinajstić information content (AvgIpc) is 2.60. The molecule has 2 aromatic carbocycles. The minimum Gasteiger partial charge on any atom is -0.480 e. The molecule has 0 radical (unpaired) electrons. The number of amides is 1. The van der Waals surface area contributed by atoms with Gasteiger partial charge in [0.15, 0.2) is 0 Å². The first-order chi connectivity index (χ1) is 12.4. The second kappa shape index (κ2) is 8.85. The Morgan fingerprint density at radius 3 is 2.77 bits per heavy atom. The molecule has 0 atom stereocenters. The number of hydrazone groups is 1. The minimum absolute atomic E-state index is 0.0224. The van der Waals surface area contributed by atoms with Crippen molar-refractivity contribution in [3.63, 3.8) is 0 Å². The van der Waals surface area contributed by atoms with E-state index in [1.54, 1.807) is 0 Å². The Labute approximate surface area is 158 Å². The summed E-state index contributed by atoms with van der Waals surface area (Å²) in [6, 6.07) is 8.30. The van der Waals surface area contributed by atoms with Gasteiger partial charge >= 0.3 is 0 Å². The van der Waals surface area contributed by atoms with Gasteiger partial charge in [-0.05, 0) is 24.3 Å². The van der Waals surface area contributed by atoms with Crippen LogP contribution in [0.15, 0.2) is 41.5 Å². The van der Waals surface area contributed by atoms with Crippen LogP contribution in [-0.2, 0) is 0 Å². The molecule has 26 heavy (non-hydrogen) atoms. The van der Waals surface area contributed by atoms with Crippen molar-refractivity contribution in [1.29, 1.82) is 0 Å². The fourth-order valence-corrected chi connectivity index (χ4v) is 2.39. The van der Waals surface area contributed by atoms with Gasteiger partial charge < -0.3 is 4.74 Å². The van der Waals surface area contributed by atoms with Gasteiger partial charge in [0, 0.05) is 22.7 Å². The molecule has 0 aliphatic carbocycles. The van der Waals surface area contributed by atoms with Gasteiger partial charge in [-0.2, -0.15) is 5.10 Å². The third kappa shape index (κ3) is 4.96. The second-order valence-electron chi connectivity index (χ2n) is 4.80. The third-order valence-corrected chi connectivity index (χ3v) is 3.61. The zero-order valence-electron chi connectivity index (χ0n) is 13.1. The van der Waals surface area contributed by atoms with Crippen molar-refractivity contribution >= 4 is 41.0 Å². The topological polar surface area (TPSA) is 93.8 Å². The van der Waals surface area contributed by atoms with Crippen molar-refractivity contribution in [2.24, 2.45) is 5.10 Å². The monoisotopic (exact) mass is 391 g/mol. The molecule has 0 saturated carbocycles. The van der Waals surface area contributed by atoms with E-state index < -0.39 is 10.8 Å². The smallest absolute Gasteiger partial charge is 0.272 e. The largest absolute Gasteiger partial charge is 0.480 e. The summed E-state index contributed by atoms with van der Waals surface area (Å²) >= 11 is 11.7. The summed E-state index contributed by atoms with van der Waals surface area (Å²) in [7, 11) is 0. The van der Waals surface area contributed by atoms with Crippen LogP contribution in [0.3, 0.4) is 0 Å². The Morgan fingerprint density at radius 2 is 2.12 bits per heavy atom. The highest BCUT2D eigenvalue weighted by Crippen LogP contribution is 2.23. The predicted molar refractivity (Wildman–Crippen MR) is 98.9 cm³/mol. The van der Waals surface area contributed by atoms with Crippen molar-refractivity contribution in [3.8, 4) is 18.1 Å². The molecule has 0 aliphatic heterocycles. The normalized spacial score (nSPS) is 10.3. The number of non-ortho nitro benzene ring substituents is 1. The van der Waals surface area contributed by atoms with Crippen molar-refractivity contribution in [1.82, 2.24) is 5.43 Å². The first-order valence-electron chi connectivity index (χ1n) is 7.05. The number of terminal acetylenes is 1. The molecule has 0 unspecified atom stereocenters. The molecule has 1 amide bonds. The number of nitro groups is 1. The molecular formula is C17H11Cl2N3O4. The van der Waals surface area contributed by atoms with Crippen molar-refractivity contribution in [2.75, 3.05) is 6.61 Å². The van der Waals surface area contributed by atoms with Gasteiger partial charge in [0.1, 0.15) is 12.4 Å². The molecule has 0 aromatic heterocycles. The van der Waals surface area contributed by atoms with E-state index in [0.29, 0.717) is 5.02 Å². The van der Waals surface area contributed by atoms with Crippen LogP contribution >= 0.6 is 23.2 Å². The molecule has 0 saturated heterocycles. The number of halogens is 2. The maximum absolute atomic E-state index is 12.1. The van der Waals surface area contributed by atoms with Gasteiger partial charge in [-0.15, -0.1) is 6.42 Å². The van der Waals surface area contributed by atoms with E-state index >= 15 is 0 Å². The summed E-state index contributed by atoms with van der Waals surface area (Å²) in [4.78, 5) is 22.4. The van der Waals surface area contributed by atoms with Gasteiger partial charge in [0.2, 0.25) is 0 Å². The van der Waals surface area contributed by atoms with E-state index in [-0.39, 0.29) is 34.2 Å². The van der Waals surface area contributed by atoms with Gasteiger partial charge in [0.25, 0.3) is 11.6 Å². The average molecular weight is 392 g/mol. The van der Waals surface area contributed by atoms with E-state index in [1.165, 1.54) is 42.6 Å². The number of ether oxygens (including phenoxy) is 1. The Bertz CT molecular complexity index is 923. The fourth-order valence-electron chi connectivity index (χ4n) is 1.90. The molecule has 0 spiro atoms. The van der Waals surface area contributed by atoms with Crippen LogP contribution in [0.1, 0.15) is 15.9 Å². The maximum atomic E-state index is 12.1. The summed E-state index contributed by atoms with van der Waals surface area (Å²) in [6.45, 7) is -0.0224. The molecule has 9 heteroatoms. The number of nitrogens with one attached hydrogen (secondary N) is 1. The molecule has 132 valence electrons. The lowest BCUT2D eigenvalue weighted by molar-refractivity contribution is -0.384. The first-order valence-corrected chi connectivity index (χ1v) is 7.81. The molecule has 7 nitrogen and oxygen atoms in total. The Morgan fingerprint density at radius 1 is 1.35 bits per heavy atom. The highest BCUT2D eigenvalue weighted by atomic mass is 35.5. The molecular weight excluding hydrogens is 381 g/mol. The lowest BCUT2D eigenvalue weighted by Crippen LogP contribution is -2.18. The van der Waals surface area contributed by atoms with Crippen LogP contribution in [0.2, 0.25) is 10.0 Å². The van der Waals surface area contributed by atoms with Crippen LogP contribution < -0.4 is 10.2 Å². The fraction of sp³-hybridized carbons (Fsp3) is 0.0588. The quantitative estimate of drug-likeness (QED) is 0.351. The van der Waals surface area contributed by atoms with Gasteiger partial charge in [0.05, 0.1) is 21.7 Å². The van der Waals surface area contributed by atoms with Crippen LogP contribution in [0.25, 0.3) is 0 Å². The number of carbonyl (C=O) groups is 1. The summed E-state index contributed by atoms with van der Waals surface area (Å²) in [5, 5.41) is 15.2. The number of nitro benzene ring substituents is 1. The second-order valence-corrected chi connectivity index (χ2v) is 5.64. The zero-order chi connectivity index (χ0) is 19.1. The van der Waals surface area contributed by atoms with E-state index in [2.05, 4.69) is 16.4 Å². The molecule has 1 N–H and O–H groups in total.